The van der Waals surface area contributed by atoms with Crippen molar-refractivity contribution in [3.63, 3.8) is 0 Å². The normalized spacial score (nSPS) is 17.1. The fourth-order valence-corrected chi connectivity index (χ4v) is 3.19. The van der Waals surface area contributed by atoms with Crippen molar-refractivity contribution in [1.82, 2.24) is 10.2 Å². The van der Waals surface area contributed by atoms with Crippen LogP contribution in [0.1, 0.15) is 24.8 Å². The van der Waals surface area contributed by atoms with E-state index >= 15 is 0 Å². The molecule has 2 rings (SSSR count). The lowest BCUT2D eigenvalue weighted by atomic mass is 9.97. The second-order valence-electron chi connectivity index (χ2n) is 6.10. The van der Waals surface area contributed by atoms with Gasteiger partial charge in [0.15, 0.2) is 11.5 Å². The number of piperidine rings is 1. The summed E-state index contributed by atoms with van der Waals surface area (Å²) in [7, 11) is 5.22. The fourth-order valence-electron chi connectivity index (χ4n) is 3.19. The smallest absolute Gasteiger partial charge is 0.222 e. The summed E-state index contributed by atoms with van der Waals surface area (Å²) in [5.41, 5.74) is 1.10. The molecule has 1 saturated heterocycles. The van der Waals surface area contributed by atoms with Gasteiger partial charge in [0.2, 0.25) is 5.91 Å². The van der Waals surface area contributed by atoms with Gasteiger partial charge in [0.1, 0.15) is 0 Å². The van der Waals surface area contributed by atoms with E-state index in [1.807, 2.05) is 30.1 Å². The Balaban J connectivity index is 0.00000288. The lowest BCUT2D eigenvalue weighted by Crippen LogP contribution is -2.42. The minimum atomic E-state index is 0. The van der Waals surface area contributed by atoms with Crippen LogP contribution in [0.2, 0.25) is 0 Å². The average molecular weight is 357 g/mol. The Morgan fingerprint density at radius 2 is 2.04 bits per heavy atom. The number of halogens is 1. The summed E-state index contributed by atoms with van der Waals surface area (Å²) in [6.45, 7) is 2.76. The van der Waals surface area contributed by atoms with Gasteiger partial charge in [0.05, 0.1) is 14.2 Å². The van der Waals surface area contributed by atoms with E-state index in [9.17, 15) is 4.79 Å². The molecule has 0 spiro atoms. The van der Waals surface area contributed by atoms with Crippen molar-refractivity contribution in [3.8, 4) is 11.5 Å². The lowest BCUT2D eigenvalue weighted by molar-refractivity contribution is -0.132. The number of nitrogens with zero attached hydrogens (tertiary/aromatic N) is 1. The fraction of sp³-hybridized carbons (Fsp3) is 0.611. The molecule has 0 aliphatic carbocycles. The Hall–Kier alpha value is -1.46. The molecule has 1 N–H and O–H groups in total. The van der Waals surface area contributed by atoms with Crippen LogP contribution in [0.25, 0.3) is 0 Å². The van der Waals surface area contributed by atoms with Gasteiger partial charge in [-0.1, -0.05) is 6.07 Å². The number of aryl methyl sites for hydroxylation is 1. The number of amides is 1. The summed E-state index contributed by atoms with van der Waals surface area (Å²) >= 11 is 0. The summed E-state index contributed by atoms with van der Waals surface area (Å²) in [4.78, 5) is 14.5. The van der Waals surface area contributed by atoms with E-state index in [1.54, 1.807) is 14.2 Å². The largest absolute Gasteiger partial charge is 0.493 e. The van der Waals surface area contributed by atoms with Gasteiger partial charge in [-0.25, -0.2) is 0 Å². The van der Waals surface area contributed by atoms with E-state index < -0.39 is 0 Å². The highest BCUT2D eigenvalue weighted by Crippen LogP contribution is 2.28. The van der Waals surface area contributed by atoms with E-state index in [1.165, 1.54) is 6.42 Å². The predicted molar refractivity (Wildman–Crippen MR) is 98.3 cm³/mol. The van der Waals surface area contributed by atoms with Crippen LogP contribution in [0.5, 0.6) is 11.5 Å². The summed E-state index contributed by atoms with van der Waals surface area (Å²) in [6.07, 6.45) is 3.59. The monoisotopic (exact) mass is 356 g/mol. The van der Waals surface area contributed by atoms with Crippen LogP contribution < -0.4 is 14.8 Å². The molecule has 1 aliphatic rings. The maximum absolute atomic E-state index is 12.4. The molecule has 6 heteroatoms. The van der Waals surface area contributed by atoms with Crippen LogP contribution in [0, 0.1) is 5.92 Å². The van der Waals surface area contributed by atoms with E-state index in [0.29, 0.717) is 23.8 Å². The van der Waals surface area contributed by atoms with Gasteiger partial charge >= 0.3 is 0 Å². The third-order valence-corrected chi connectivity index (χ3v) is 4.44. The molecule has 1 unspecified atom stereocenters. The summed E-state index contributed by atoms with van der Waals surface area (Å²) in [6, 6.07) is 5.84. The molecule has 136 valence electrons. The van der Waals surface area contributed by atoms with Crippen LogP contribution in [-0.2, 0) is 11.2 Å². The number of hydrogen-bond acceptors (Lipinski definition) is 4. The molecule has 1 amide bonds. The van der Waals surface area contributed by atoms with Crippen molar-refractivity contribution in [3.05, 3.63) is 23.8 Å². The Kier molecular flexibility index (Phi) is 8.93. The number of likely N-dealkylation sites (tertiary alicyclic amines) is 1. The number of carbonyl (C=O) groups excluding carboxylic acids is 1. The maximum atomic E-state index is 12.4. The van der Waals surface area contributed by atoms with E-state index in [4.69, 9.17) is 9.47 Å². The average Bonchev–Trinajstić information content (AvgIpc) is 2.59. The highest BCUT2D eigenvalue weighted by Gasteiger charge is 2.22. The highest BCUT2D eigenvalue weighted by atomic mass is 35.5. The zero-order chi connectivity index (χ0) is 16.7. The van der Waals surface area contributed by atoms with Crippen LogP contribution in [-0.4, -0.2) is 51.7 Å². The number of carbonyl (C=O) groups is 1. The SMILES string of the molecule is CNCC1CCCN(C(=O)CCc2ccc(OC)c(OC)c2)C1.Cl. The zero-order valence-corrected chi connectivity index (χ0v) is 15.7. The van der Waals surface area contributed by atoms with Crippen molar-refractivity contribution < 1.29 is 14.3 Å². The van der Waals surface area contributed by atoms with Crippen LogP contribution in [0.4, 0.5) is 0 Å². The van der Waals surface area contributed by atoms with Crippen molar-refractivity contribution >= 4 is 18.3 Å². The van der Waals surface area contributed by atoms with Crippen LogP contribution >= 0.6 is 12.4 Å². The Morgan fingerprint density at radius 3 is 2.71 bits per heavy atom. The van der Waals surface area contributed by atoms with Crippen molar-refractivity contribution in [1.29, 1.82) is 0 Å². The number of benzene rings is 1. The molecule has 24 heavy (non-hydrogen) atoms. The first kappa shape index (κ1) is 20.6. The first-order valence-electron chi connectivity index (χ1n) is 8.31. The minimum absolute atomic E-state index is 0. The topological polar surface area (TPSA) is 50.8 Å². The van der Waals surface area contributed by atoms with Crippen molar-refractivity contribution in [2.45, 2.75) is 25.7 Å². The number of nitrogens with one attached hydrogen (secondary N) is 1. The molecule has 1 heterocycles. The van der Waals surface area contributed by atoms with E-state index in [-0.39, 0.29) is 18.3 Å². The van der Waals surface area contributed by atoms with Gasteiger partial charge in [-0.05, 0) is 56.5 Å². The summed E-state index contributed by atoms with van der Waals surface area (Å²) < 4.78 is 10.6. The molecule has 0 aromatic heterocycles. The molecule has 1 fully saturated rings. The predicted octanol–water partition coefficient (Wildman–Crippen LogP) is 2.52. The summed E-state index contributed by atoms with van der Waals surface area (Å²) in [5.74, 6) is 2.26. The maximum Gasteiger partial charge on any atom is 0.222 e. The van der Waals surface area contributed by atoms with Gasteiger partial charge in [0, 0.05) is 19.5 Å². The van der Waals surface area contributed by atoms with Gasteiger partial charge in [0.25, 0.3) is 0 Å². The molecule has 1 atom stereocenters. The molecular weight excluding hydrogens is 328 g/mol. The third kappa shape index (κ3) is 5.56. The molecule has 1 aliphatic heterocycles. The van der Waals surface area contributed by atoms with Gasteiger partial charge in [-0.3, -0.25) is 4.79 Å². The van der Waals surface area contributed by atoms with Gasteiger partial charge in [-0.2, -0.15) is 0 Å². The third-order valence-electron chi connectivity index (χ3n) is 4.44. The minimum Gasteiger partial charge on any atom is -0.493 e. The Labute approximate surface area is 151 Å². The molecule has 1 aromatic carbocycles. The summed E-state index contributed by atoms with van der Waals surface area (Å²) in [5, 5.41) is 3.21. The van der Waals surface area contributed by atoms with Crippen molar-refractivity contribution in [2.24, 2.45) is 5.92 Å². The second-order valence-corrected chi connectivity index (χ2v) is 6.10. The second kappa shape index (κ2) is 10.4. The molecule has 0 saturated carbocycles. The Morgan fingerprint density at radius 1 is 1.29 bits per heavy atom. The number of methoxy groups -OCH3 is 2. The number of hydrogen-bond donors (Lipinski definition) is 1. The number of ether oxygens (including phenoxy) is 2. The molecule has 0 bridgehead atoms. The lowest BCUT2D eigenvalue weighted by Gasteiger charge is -2.32. The van der Waals surface area contributed by atoms with E-state index in [2.05, 4.69) is 5.32 Å². The van der Waals surface area contributed by atoms with Crippen LogP contribution in [0.3, 0.4) is 0 Å². The molecular formula is C18H29ClN2O3. The molecule has 1 aromatic rings. The first-order valence-corrected chi connectivity index (χ1v) is 8.31. The zero-order valence-electron chi connectivity index (χ0n) is 14.8. The van der Waals surface area contributed by atoms with Crippen LogP contribution in [0.15, 0.2) is 18.2 Å². The highest BCUT2D eigenvalue weighted by molar-refractivity contribution is 5.85. The molecule has 5 nitrogen and oxygen atoms in total. The quantitative estimate of drug-likeness (QED) is 0.815. The standard InChI is InChI=1S/C18H28N2O3.ClH/c1-19-12-15-5-4-10-20(13-15)18(21)9-7-14-6-8-16(22-2)17(11-14)23-3;/h6,8,11,15,19H,4-5,7,9-10,12-13H2,1-3H3;1H. The molecule has 0 radical (unpaired) electrons. The van der Waals surface area contributed by atoms with E-state index in [0.717, 1.165) is 38.0 Å². The van der Waals surface area contributed by atoms with Crippen molar-refractivity contribution in [2.75, 3.05) is 40.9 Å². The van der Waals surface area contributed by atoms with Gasteiger partial charge < -0.3 is 19.7 Å². The Bertz CT molecular complexity index is 523. The first-order chi connectivity index (χ1) is 11.2. The number of rotatable bonds is 7. The van der Waals surface area contributed by atoms with Gasteiger partial charge in [-0.15, -0.1) is 12.4 Å².